The summed E-state index contributed by atoms with van der Waals surface area (Å²) in [7, 11) is 0. The van der Waals surface area contributed by atoms with Gasteiger partial charge in [-0.15, -0.1) is 11.3 Å². The molecule has 3 N–H and O–H groups in total. The van der Waals surface area contributed by atoms with E-state index in [9.17, 15) is 18.8 Å². The molecule has 0 atom stereocenters. The van der Waals surface area contributed by atoms with Gasteiger partial charge in [0.25, 0.3) is 11.5 Å². The summed E-state index contributed by atoms with van der Waals surface area (Å²) < 4.78 is 13.5. The lowest BCUT2D eigenvalue weighted by molar-refractivity contribution is -0.115. The highest BCUT2D eigenvalue weighted by atomic mass is 32.1. The summed E-state index contributed by atoms with van der Waals surface area (Å²) >= 11 is 1.14. The quantitative estimate of drug-likeness (QED) is 0.627. The minimum Gasteiger partial charge on any atom is -0.328 e. The number of benzene rings is 1. The lowest BCUT2D eigenvalue weighted by Crippen LogP contribution is -2.22. The molecule has 27 heavy (non-hydrogen) atoms. The molecule has 0 aliphatic rings. The topological polar surface area (TPSA) is 104 Å². The molecule has 1 aromatic carbocycles. The van der Waals surface area contributed by atoms with Crippen molar-refractivity contribution in [3.05, 3.63) is 74.9 Å². The normalized spacial score (nSPS) is 10.4. The minimum absolute atomic E-state index is 0.0339. The van der Waals surface area contributed by atoms with Crippen molar-refractivity contribution in [3.8, 4) is 0 Å². The largest absolute Gasteiger partial charge is 0.328 e. The Labute approximate surface area is 157 Å². The van der Waals surface area contributed by atoms with Crippen molar-refractivity contribution in [3.63, 3.8) is 0 Å². The number of carbonyl (C=O) groups excluding carboxylic acids is 2. The van der Waals surface area contributed by atoms with Gasteiger partial charge >= 0.3 is 0 Å². The van der Waals surface area contributed by atoms with Gasteiger partial charge < -0.3 is 10.3 Å². The van der Waals surface area contributed by atoms with Crippen LogP contribution in [0.2, 0.25) is 0 Å². The molecule has 0 spiro atoms. The van der Waals surface area contributed by atoms with Crippen LogP contribution in [0.4, 0.5) is 15.2 Å². The zero-order valence-electron chi connectivity index (χ0n) is 14.2. The number of aryl methyl sites for hydroxylation is 1. The van der Waals surface area contributed by atoms with Crippen molar-refractivity contribution in [2.24, 2.45) is 0 Å². The van der Waals surface area contributed by atoms with Crippen molar-refractivity contribution in [2.45, 2.75) is 13.3 Å². The van der Waals surface area contributed by atoms with Crippen LogP contribution in [0.3, 0.4) is 0 Å². The number of rotatable bonds is 5. The third-order valence-electron chi connectivity index (χ3n) is 3.63. The Morgan fingerprint density at radius 2 is 2.07 bits per heavy atom. The van der Waals surface area contributed by atoms with E-state index in [1.807, 2.05) is 0 Å². The molecule has 7 nitrogen and oxygen atoms in total. The monoisotopic (exact) mass is 386 g/mol. The number of pyridine rings is 1. The van der Waals surface area contributed by atoms with Crippen LogP contribution in [0.15, 0.2) is 46.7 Å². The highest BCUT2D eigenvalue weighted by Gasteiger charge is 2.13. The molecule has 0 saturated carbocycles. The number of hydrogen-bond donors (Lipinski definition) is 3. The molecular weight excluding hydrogens is 371 g/mol. The lowest BCUT2D eigenvalue weighted by Gasteiger charge is -2.05. The Morgan fingerprint density at radius 3 is 2.81 bits per heavy atom. The van der Waals surface area contributed by atoms with Crippen molar-refractivity contribution in [1.29, 1.82) is 0 Å². The number of aromatic nitrogens is 2. The summed E-state index contributed by atoms with van der Waals surface area (Å²) in [5.74, 6) is -1.35. The van der Waals surface area contributed by atoms with Crippen molar-refractivity contribution in [1.82, 2.24) is 9.97 Å². The zero-order valence-corrected chi connectivity index (χ0v) is 15.0. The lowest BCUT2D eigenvalue weighted by atomic mass is 10.2. The van der Waals surface area contributed by atoms with Crippen LogP contribution >= 0.6 is 11.3 Å². The second kappa shape index (κ2) is 7.92. The first kappa shape index (κ1) is 18.5. The summed E-state index contributed by atoms with van der Waals surface area (Å²) in [6.07, 6.45) is 1.40. The van der Waals surface area contributed by atoms with Crippen LogP contribution in [0.5, 0.6) is 0 Å². The van der Waals surface area contributed by atoms with Gasteiger partial charge in [-0.25, -0.2) is 9.37 Å². The molecule has 0 aliphatic heterocycles. The van der Waals surface area contributed by atoms with Gasteiger partial charge in [-0.3, -0.25) is 19.7 Å². The summed E-state index contributed by atoms with van der Waals surface area (Å²) in [4.78, 5) is 42.3. The van der Waals surface area contributed by atoms with E-state index in [-0.39, 0.29) is 23.0 Å². The Hall–Kier alpha value is -3.33. The first-order chi connectivity index (χ1) is 12.9. The molecule has 3 aromatic rings. The SMILES string of the molecule is Cc1ccc(NC(=O)Cc2csc(NC(=O)c3ccc[nH]c3=O)n2)cc1F. The second-order valence-electron chi connectivity index (χ2n) is 5.70. The van der Waals surface area contributed by atoms with Gasteiger partial charge in [0, 0.05) is 17.3 Å². The molecule has 0 saturated heterocycles. The van der Waals surface area contributed by atoms with E-state index in [1.54, 1.807) is 30.5 Å². The smallest absolute Gasteiger partial charge is 0.263 e. The molecule has 0 fully saturated rings. The average Bonchev–Trinajstić information content (AvgIpc) is 3.05. The second-order valence-corrected chi connectivity index (χ2v) is 6.56. The molecule has 2 heterocycles. The molecule has 138 valence electrons. The molecule has 3 rings (SSSR count). The number of H-pyrrole nitrogens is 1. The highest BCUT2D eigenvalue weighted by Crippen LogP contribution is 2.18. The van der Waals surface area contributed by atoms with E-state index in [4.69, 9.17) is 0 Å². The van der Waals surface area contributed by atoms with Gasteiger partial charge in [0.15, 0.2) is 5.13 Å². The number of carbonyl (C=O) groups is 2. The third kappa shape index (κ3) is 4.64. The number of aromatic amines is 1. The first-order valence-corrected chi connectivity index (χ1v) is 8.80. The predicted octanol–water partition coefficient (Wildman–Crippen LogP) is 2.71. The number of anilines is 2. The first-order valence-electron chi connectivity index (χ1n) is 7.92. The van der Waals surface area contributed by atoms with E-state index in [2.05, 4.69) is 20.6 Å². The predicted molar refractivity (Wildman–Crippen MR) is 101 cm³/mol. The van der Waals surface area contributed by atoms with Gasteiger partial charge in [0.05, 0.1) is 12.1 Å². The maximum atomic E-state index is 13.5. The van der Waals surface area contributed by atoms with Crippen molar-refractivity contribution < 1.29 is 14.0 Å². The number of nitrogens with one attached hydrogen (secondary N) is 3. The van der Waals surface area contributed by atoms with Gasteiger partial charge in [-0.05, 0) is 36.8 Å². The van der Waals surface area contributed by atoms with E-state index >= 15 is 0 Å². The number of halogens is 1. The van der Waals surface area contributed by atoms with Crippen molar-refractivity contribution in [2.75, 3.05) is 10.6 Å². The number of thiazole rings is 1. The van der Waals surface area contributed by atoms with Crippen molar-refractivity contribution >= 4 is 34.0 Å². The molecule has 2 aromatic heterocycles. The Balaban J connectivity index is 1.61. The van der Waals surface area contributed by atoms with Crippen LogP contribution in [0.25, 0.3) is 0 Å². The number of amides is 2. The maximum Gasteiger partial charge on any atom is 0.263 e. The van der Waals surface area contributed by atoms with Gasteiger partial charge in [-0.1, -0.05) is 6.07 Å². The number of nitrogens with zero attached hydrogens (tertiary/aromatic N) is 1. The fourth-order valence-corrected chi connectivity index (χ4v) is 2.96. The van der Waals surface area contributed by atoms with Crippen LogP contribution in [-0.4, -0.2) is 21.8 Å². The van der Waals surface area contributed by atoms with Crippen LogP contribution < -0.4 is 16.2 Å². The minimum atomic E-state index is -0.586. The van der Waals surface area contributed by atoms with E-state index < -0.39 is 17.3 Å². The fraction of sp³-hybridized carbons (Fsp3) is 0.111. The average molecular weight is 386 g/mol. The molecule has 0 bridgehead atoms. The highest BCUT2D eigenvalue weighted by molar-refractivity contribution is 7.14. The third-order valence-corrected chi connectivity index (χ3v) is 4.44. The fourth-order valence-electron chi connectivity index (χ4n) is 2.25. The Bertz CT molecular complexity index is 1060. The van der Waals surface area contributed by atoms with Crippen LogP contribution in [0, 0.1) is 12.7 Å². The summed E-state index contributed by atoms with van der Waals surface area (Å²) in [6.45, 7) is 1.63. The zero-order chi connectivity index (χ0) is 19.4. The molecule has 0 unspecified atom stereocenters. The molecule has 0 radical (unpaired) electrons. The molecular formula is C18H15FN4O3S. The number of hydrogen-bond acceptors (Lipinski definition) is 5. The van der Waals surface area contributed by atoms with Gasteiger partial charge in [0.1, 0.15) is 11.4 Å². The van der Waals surface area contributed by atoms with E-state index in [0.29, 0.717) is 16.9 Å². The van der Waals surface area contributed by atoms with Crippen LogP contribution in [0.1, 0.15) is 21.6 Å². The van der Waals surface area contributed by atoms with Gasteiger partial charge in [-0.2, -0.15) is 0 Å². The summed E-state index contributed by atoms with van der Waals surface area (Å²) in [6, 6.07) is 7.38. The molecule has 2 amide bonds. The summed E-state index contributed by atoms with van der Waals surface area (Å²) in [5, 5.41) is 7.01. The standard InChI is InChI=1S/C18H15FN4O3S/c1-10-4-5-11(7-14(10)19)21-15(24)8-12-9-27-18(22-12)23-17(26)13-3-2-6-20-16(13)25/h2-7,9H,8H2,1H3,(H,20,25)(H,21,24)(H,22,23,26). The maximum absolute atomic E-state index is 13.5. The van der Waals surface area contributed by atoms with Gasteiger partial charge in [0.2, 0.25) is 5.91 Å². The molecule has 0 aliphatic carbocycles. The Morgan fingerprint density at radius 1 is 1.26 bits per heavy atom. The van der Waals surface area contributed by atoms with Crippen LogP contribution in [-0.2, 0) is 11.2 Å². The summed E-state index contributed by atoms with van der Waals surface area (Å²) in [5.41, 5.74) is 0.757. The molecule has 9 heteroatoms. The Kier molecular flexibility index (Phi) is 5.41. The van der Waals surface area contributed by atoms with E-state index in [0.717, 1.165) is 11.3 Å². The van der Waals surface area contributed by atoms with E-state index in [1.165, 1.54) is 18.3 Å².